The van der Waals surface area contributed by atoms with Crippen LogP contribution >= 0.6 is 15.9 Å². The first-order valence-corrected chi connectivity index (χ1v) is 8.29. The lowest BCUT2D eigenvalue weighted by atomic mass is 10.1. The van der Waals surface area contributed by atoms with Gasteiger partial charge in [0.25, 0.3) is 0 Å². The lowest BCUT2D eigenvalue weighted by Crippen LogP contribution is -2.20. The lowest BCUT2D eigenvalue weighted by Gasteiger charge is -2.12. The molecule has 0 amide bonds. The normalized spacial score (nSPS) is 11.5. The van der Waals surface area contributed by atoms with Gasteiger partial charge >= 0.3 is 0 Å². The molecule has 18 heavy (non-hydrogen) atoms. The molecule has 0 aliphatic rings. The van der Waals surface area contributed by atoms with Gasteiger partial charge in [-0.3, -0.25) is 4.72 Å². The topological polar surface area (TPSA) is 55.4 Å². The van der Waals surface area contributed by atoms with Crippen LogP contribution < -0.4 is 4.72 Å². The third-order valence-electron chi connectivity index (χ3n) is 2.41. The Balaban J connectivity index is 2.77. The van der Waals surface area contributed by atoms with Crippen molar-refractivity contribution in [2.24, 2.45) is 0 Å². The molecule has 1 rings (SSSR count). The summed E-state index contributed by atoms with van der Waals surface area (Å²) in [6.07, 6.45) is 0.767. The number of sulfonamides is 1. The maximum Gasteiger partial charge on any atom is 0.235 e. The van der Waals surface area contributed by atoms with Gasteiger partial charge in [0.05, 0.1) is 18.0 Å². The zero-order chi connectivity index (χ0) is 13.6. The van der Waals surface area contributed by atoms with Gasteiger partial charge in [0.1, 0.15) is 0 Å². The molecular weight excluding hydrogens is 318 g/mol. The average molecular weight is 336 g/mol. The molecule has 1 aromatic rings. The van der Waals surface area contributed by atoms with Crippen molar-refractivity contribution in [3.8, 4) is 0 Å². The van der Waals surface area contributed by atoms with E-state index in [0.717, 1.165) is 16.5 Å². The molecule has 0 spiro atoms. The van der Waals surface area contributed by atoms with Crippen LogP contribution in [0.4, 0.5) is 5.69 Å². The minimum atomic E-state index is -3.34. The third kappa shape index (κ3) is 4.96. The molecular formula is C12H18BrNO3S. The summed E-state index contributed by atoms with van der Waals surface area (Å²) in [5.41, 5.74) is 1.60. The fourth-order valence-corrected chi connectivity index (χ4v) is 2.87. The van der Waals surface area contributed by atoms with Gasteiger partial charge in [0.15, 0.2) is 0 Å². The Morgan fingerprint density at radius 1 is 1.33 bits per heavy atom. The molecule has 0 unspecified atom stereocenters. The number of hydrogen-bond donors (Lipinski definition) is 1. The molecule has 0 bridgehead atoms. The van der Waals surface area contributed by atoms with Gasteiger partial charge in [-0.15, -0.1) is 0 Å². The zero-order valence-electron chi connectivity index (χ0n) is 10.6. The molecule has 0 heterocycles. The summed E-state index contributed by atoms with van der Waals surface area (Å²) in [5.74, 6) is -0.0277. The molecule has 0 aliphatic carbocycles. The van der Waals surface area contributed by atoms with Crippen molar-refractivity contribution in [3.05, 3.63) is 28.2 Å². The summed E-state index contributed by atoms with van der Waals surface area (Å²) in [6.45, 7) is 4.56. The van der Waals surface area contributed by atoms with Gasteiger partial charge in [-0.1, -0.05) is 22.9 Å². The molecule has 0 aliphatic heterocycles. The minimum Gasteiger partial charge on any atom is -0.381 e. The Morgan fingerprint density at radius 2 is 2.06 bits per heavy atom. The maximum absolute atomic E-state index is 11.8. The summed E-state index contributed by atoms with van der Waals surface area (Å²) in [5, 5.41) is 0. The van der Waals surface area contributed by atoms with Crippen LogP contribution in [0.25, 0.3) is 0 Å². The predicted octanol–water partition coefficient (Wildman–Crippen LogP) is 2.79. The average Bonchev–Trinajstić information content (AvgIpc) is 2.31. The van der Waals surface area contributed by atoms with Crippen LogP contribution in [0.2, 0.25) is 0 Å². The quantitative estimate of drug-likeness (QED) is 0.779. The van der Waals surface area contributed by atoms with E-state index >= 15 is 0 Å². The van der Waals surface area contributed by atoms with Crippen LogP contribution in [0.3, 0.4) is 0 Å². The van der Waals surface area contributed by atoms with Gasteiger partial charge in [0, 0.05) is 11.1 Å². The maximum atomic E-state index is 11.8. The Hall–Kier alpha value is -0.590. The Bertz CT molecular complexity index is 488. The summed E-state index contributed by atoms with van der Waals surface area (Å²) in [7, 11) is -3.34. The molecule has 0 fully saturated rings. The number of nitrogens with one attached hydrogen (secondary N) is 1. The van der Waals surface area contributed by atoms with E-state index in [-0.39, 0.29) is 12.4 Å². The molecule has 0 aromatic heterocycles. The molecule has 1 N–H and O–H groups in total. The number of anilines is 1. The van der Waals surface area contributed by atoms with Crippen molar-refractivity contribution in [1.29, 1.82) is 0 Å². The Morgan fingerprint density at radius 3 is 2.67 bits per heavy atom. The first-order chi connectivity index (χ1) is 8.48. The number of benzene rings is 1. The van der Waals surface area contributed by atoms with E-state index in [1.807, 2.05) is 26.0 Å². The second-order valence-electron chi connectivity index (χ2n) is 3.77. The summed E-state index contributed by atoms with van der Waals surface area (Å²) < 4.78 is 32.2. The Kier molecular flexibility index (Phi) is 6.11. The Labute approximate surface area is 117 Å². The fraction of sp³-hybridized carbons (Fsp3) is 0.500. The highest BCUT2D eigenvalue weighted by Crippen LogP contribution is 2.22. The third-order valence-corrected chi connectivity index (χ3v) is 4.14. The van der Waals surface area contributed by atoms with Gasteiger partial charge in [0.2, 0.25) is 10.0 Å². The number of rotatable bonds is 7. The molecule has 0 radical (unpaired) electrons. The van der Waals surface area contributed by atoms with E-state index in [4.69, 9.17) is 4.74 Å². The highest BCUT2D eigenvalue weighted by Gasteiger charge is 2.12. The first kappa shape index (κ1) is 15.5. The zero-order valence-corrected chi connectivity index (χ0v) is 13.0. The van der Waals surface area contributed by atoms with Crippen molar-refractivity contribution >= 4 is 31.6 Å². The second kappa shape index (κ2) is 7.11. The van der Waals surface area contributed by atoms with Gasteiger partial charge in [-0.25, -0.2) is 8.42 Å². The molecule has 1 aromatic carbocycles. The highest BCUT2D eigenvalue weighted by atomic mass is 79.9. The number of halogens is 1. The fourth-order valence-electron chi connectivity index (χ4n) is 1.49. The smallest absolute Gasteiger partial charge is 0.235 e. The SMILES string of the molecule is CCOCCS(=O)(=O)Nc1ccc(Br)cc1CC. The van der Waals surface area contributed by atoms with E-state index in [0.29, 0.717) is 12.3 Å². The van der Waals surface area contributed by atoms with Crippen LogP contribution in [0, 0.1) is 0 Å². The van der Waals surface area contributed by atoms with Crippen molar-refractivity contribution in [2.45, 2.75) is 20.3 Å². The summed E-state index contributed by atoms with van der Waals surface area (Å²) in [6, 6.07) is 5.50. The van der Waals surface area contributed by atoms with E-state index < -0.39 is 10.0 Å². The van der Waals surface area contributed by atoms with Crippen LogP contribution in [-0.2, 0) is 21.2 Å². The highest BCUT2D eigenvalue weighted by molar-refractivity contribution is 9.10. The molecule has 0 atom stereocenters. The monoisotopic (exact) mass is 335 g/mol. The minimum absolute atomic E-state index is 0.0277. The van der Waals surface area contributed by atoms with E-state index in [2.05, 4.69) is 20.7 Å². The summed E-state index contributed by atoms with van der Waals surface area (Å²) in [4.78, 5) is 0. The van der Waals surface area contributed by atoms with Crippen LogP contribution in [0.15, 0.2) is 22.7 Å². The first-order valence-electron chi connectivity index (χ1n) is 5.85. The molecule has 4 nitrogen and oxygen atoms in total. The second-order valence-corrected chi connectivity index (χ2v) is 6.53. The van der Waals surface area contributed by atoms with Gasteiger partial charge < -0.3 is 4.74 Å². The number of aryl methyl sites for hydroxylation is 1. The van der Waals surface area contributed by atoms with E-state index in [9.17, 15) is 8.42 Å². The molecule has 0 saturated heterocycles. The van der Waals surface area contributed by atoms with E-state index in [1.54, 1.807) is 6.07 Å². The van der Waals surface area contributed by atoms with Crippen LogP contribution in [0.1, 0.15) is 19.4 Å². The van der Waals surface area contributed by atoms with Crippen molar-refractivity contribution in [1.82, 2.24) is 0 Å². The summed E-state index contributed by atoms with van der Waals surface area (Å²) >= 11 is 3.37. The largest absolute Gasteiger partial charge is 0.381 e. The molecule has 6 heteroatoms. The van der Waals surface area contributed by atoms with Crippen LogP contribution in [-0.4, -0.2) is 27.4 Å². The lowest BCUT2D eigenvalue weighted by molar-refractivity contribution is 0.163. The van der Waals surface area contributed by atoms with Crippen LogP contribution in [0.5, 0.6) is 0 Å². The van der Waals surface area contributed by atoms with Gasteiger partial charge in [-0.05, 0) is 37.1 Å². The van der Waals surface area contributed by atoms with Crippen molar-refractivity contribution in [2.75, 3.05) is 23.7 Å². The molecule has 102 valence electrons. The van der Waals surface area contributed by atoms with E-state index in [1.165, 1.54) is 0 Å². The predicted molar refractivity (Wildman–Crippen MR) is 77.4 cm³/mol. The molecule has 0 saturated carbocycles. The van der Waals surface area contributed by atoms with Crippen molar-refractivity contribution < 1.29 is 13.2 Å². The number of hydrogen-bond acceptors (Lipinski definition) is 3. The van der Waals surface area contributed by atoms with Crippen molar-refractivity contribution in [3.63, 3.8) is 0 Å². The standard InChI is InChI=1S/C12H18BrNO3S/c1-3-10-9-11(13)5-6-12(10)14-18(15,16)8-7-17-4-2/h5-6,9,14H,3-4,7-8H2,1-2H3. The number of ether oxygens (including phenoxy) is 1. The van der Waals surface area contributed by atoms with Gasteiger partial charge in [-0.2, -0.15) is 0 Å².